The van der Waals surface area contributed by atoms with Gasteiger partial charge in [-0.3, -0.25) is 0 Å². The first-order valence-electron chi connectivity index (χ1n) is 5.52. The van der Waals surface area contributed by atoms with Crippen LogP contribution in [0.25, 0.3) is 0 Å². The maximum absolute atomic E-state index is 12.1. The standard InChI is InChI=1S/C11H18N2O3S2/c1-3-16-10-5-4-9(12)8-11(10)18(14,15)13-6-7-17-2/h4-5,8,13H,3,6-7,12H2,1-2H3. The Hall–Kier alpha value is -0.920. The van der Waals surface area contributed by atoms with Crippen LogP contribution < -0.4 is 15.2 Å². The molecule has 0 aromatic heterocycles. The zero-order valence-corrected chi connectivity index (χ0v) is 12.1. The Bertz CT molecular complexity index is 489. The van der Waals surface area contributed by atoms with Crippen molar-refractivity contribution in [1.29, 1.82) is 0 Å². The number of benzene rings is 1. The van der Waals surface area contributed by atoms with Gasteiger partial charge in [0.05, 0.1) is 6.61 Å². The van der Waals surface area contributed by atoms with Gasteiger partial charge in [-0.15, -0.1) is 0 Å². The molecule has 1 aromatic carbocycles. The van der Waals surface area contributed by atoms with Crippen LogP contribution in [0.4, 0.5) is 5.69 Å². The Balaban J connectivity index is 3.01. The summed E-state index contributed by atoms with van der Waals surface area (Å²) in [6.45, 7) is 2.58. The number of hydrogen-bond donors (Lipinski definition) is 2. The fraction of sp³-hybridized carbons (Fsp3) is 0.455. The summed E-state index contributed by atoms with van der Waals surface area (Å²) < 4.78 is 32.0. The van der Waals surface area contributed by atoms with Gasteiger partial charge in [0, 0.05) is 18.0 Å². The molecule has 0 atom stereocenters. The maximum Gasteiger partial charge on any atom is 0.244 e. The fourth-order valence-corrected chi connectivity index (χ4v) is 3.01. The Kier molecular flexibility index (Phi) is 5.77. The van der Waals surface area contributed by atoms with Crippen LogP contribution in [0, 0.1) is 0 Å². The van der Waals surface area contributed by atoms with Crippen molar-refractivity contribution >= 4 is 27.5 Å². The summed E-state index contributed by atoms with van der Waals surface area (Å²) in [7, 11) is -3.58. The highest BCUT2D eigenvalue weighted by Crippen LogP contribution is 2.26. The molecule has 3 N–H and O–H groups in total. The Morgan fingerprint density at radius 2 is 2.17 bits per heavy atom. The van der Waals surface area contributed by atoms with E-state index < -0.39 is 10.0 Å². The van der Waals surface area contributed by atoms with Crippen molar-refractivity contribution in [1.82, 2.24) is 4.72 Å². The van der Waals surface area contributed by atoms with Gasteiger partial charge in [0.25, 0.3) is 0 Å². The zero-order chi connectivity index (χ0) is 13.6. The van der Waals surface area contributed by atoms with E-state index >= 15 is 0 Å². The molecule has 0 spiro atoms. The molecule has 0 fully saturated rings. The Labute approximate surface area is 112 Å². The summed E-state index contributed by atoms with van der Waals surface area (Å²) in [4.78, 5) is 0.0884. The fourth-order valence-electron chi connectivity index (χ4n) is 1.37. The van der Waals surface area contributed by atoms with Crippen LogP contribution >= 0.6 is 11.8 Å². The lowest BCUT2D eigenvalue weighted by Gasteiger charge is -2.12. The molecule has 0 bridgehead atoms. The van der Waals surface area contributed by atoms with Gasteiger partial charge >= 0.3 is 0 Å². The van der Waals surface area contributed by atoms with Crippen molar-refractivity contribution in [2.75, 3.05) is 30.9 Å². The van der Waals surface area contributed by atoms with E-state index in [0.29, 0.717) is 30.3 Å². The summed E-state index contributed by atoms with van der Waals surface area (Å²) in [5.74, 6) is 1.04. The van der Waals surface area contributed by atoms with Gasteiger partial charge in [0.15, 0.2) is 0 Å². The molecule has 0 saturated heterocycles. The van der Waals surface area contributed by atoms with Crippen LogP contribution in [-0.4, -0.2) is 33.6 Å². The molecule has 1 aromatic rings. The van der Waals surface area contributed by atoms with E-state index in [9.17, 15) is 8.42 Å². The number of nitrogens with one attached hydrogen (secondary N) is 1. The molecule has 102 valence electrons. The molecule has 18 heavy (non-hydrogen) atoms. The van der Waals surface area contributed by atoms with Crippen molar-refractivity contribution in [2.45, 2.75) is 11.8 Å². The number of ether oxygens (including phenoxy) is 1. The van der Waals surface area contributed by atoms with E-state index in [2.05, 4.69) is 4.72 Å². The van der Waals surface area contributed by atoms with Gasteiger partial charge < -0.3 is 10.5 Å². The van der Waals surface area contributed by atoms with Gasteiger partial charge in [-0.2, -0.15) is 11.8 Å². The van der Waals surface area contributed by atoms with Gasteiger partial charge in [-0.05, 0) is 31.4 Å². The zero-order valence-electron chi connectivity index (χ0n) is 10.5. The molecule has 7 heteroatoms. The number of anilines is 1. The molecular weight excluding hydrogens is 272 g/mol. The third kappa shape index (κ3) is 4.08. The number of hydrogen-bond acceptors (Lipinski definition) is 5. The van der Waals surface area contributed by atoms with Crippen LogP contribution in [0.1, 0.15) is 6.92 Å². The van der Waals surface area contributed by atoms with E-state index in [1.54, 1.807) is 30.8 Å². The third-order valence-electron chi connectivity index (χ3n) is 2.16. The van der Waals surface area contributed by atoms with Gasteiger partial charge in [-0.25, -0.2) is 13.1 Å². The van der Waals surface area contributed by atoms with Crippen LogP contribution in [0.5, 0.6) is 5.75 Å². The predicted octanol–water partition coefficient (Wildman–Crippen LogP) is 1.31. The van der Waals surface area contributed by atoms with Gasteiger partial charge in [0.1, 0.15) is 10.6 Å². The summed E-state index contributed by atoms with van der Waals surface area (Å²) >= 11 is 1.57. The molecule has 0 aliphatic rings. The van der Waals surface area contributed by atoms with E-state index in [1.807, 2.05) is 6.26 Å². The minimum atomic E-state index is -3.58. The van der Waals surface area contributed by atoms with E-state index in [0.717, 1.165) is 0 Å². The van der Waals surface area contributed by atoms with Crippen molar-refractivity contribution < 1.29 is 13.2 Å². The quantitative estimate of drug-likeness (QED) is 0.584. The second-order valence-electron chi connectivity index (χ2n) is 3.53. The first kappa shape index (κ1) is 15.1. The van der Waals surface area contributed by atoms with Crippen molar-refractivity contribution in [3.63, 3.8) is 0 Å². The molecule has 1 rings (SSSR count). The Morgan fingerprint density at radius 3 is 2.78 bits per heavy atom. The van der Waals surface area contributed by atoms with Crippen molar-refractivity contribution in [2.24, 2.45) is 0 Å². The third-order valence-corrected chi connectivity index (χ3v) is 4.25. The van der Waals surface area contributed by atoms with Crippen LogP contribution in [-0.2, 0) is 10.0 Å². The molecule has 5 nitrogen and oxygen atoms in total. The molecule has 0 heterocycles. The number of thioether (sulfide) groups is 1. The number of nitrogen functional groups attached to an aromatic ring is 1. The second-order valence-corrected chi connectivity index (χ2v) is 6.25. The number of nitrogens with two attached hydrogens (primary N) is 1. The minimum Gasteiger partial charge on any atom is -0.492 e. The summed E-state index contributed by atoms with van der Waals surface area (Å²) in [5.41, 5.74) is 6.02. The van der Waals surface area contributed by atoms with E-state index in [4.69, 9.17) is 10.5 Å². The molecular formula is C11H18N2O3S2. The van der Waals surface area contributed by atoms with Crippen LogP contribution in [0.2, 0.25) is 0 Å². The first-order valence-corrected chi connectivity index (χ1v) is 8.40. The maximum atomic E-state index is 12.1. The largest absolute Gasteiger partial charge is 0.492 e. The highest BCUT2D eigenvalue weighted by Gasteiger charge is 2.19. The average molecular weight is 290 g/mol. The van der Waals surface area contributed by atoms with E-state index in [1.165, 1.54) is 6.07 Å². The lowest BCUT2D eigenvalue weighted by molar-refractivity contribution is 0.331. The summed E-state index contributed by atoms with van der Waals surface area (Å²) in [6.07, 6.45) is 1.92. The molecule has 0 unspecified atom stereocenters. The average Bonchev–Trinajstić information content (AvgIpc) is 2.32. The first-order chi connectivity index (χ1) is 8.51. The Morgan fingerprint density at radius 1 is 1.44 bits per heavy atom. The summed E-state index contributed by atoms with van der Waals surface area (Å²) in [5, 5.41) is 0. The molecule has 0 aliphatic carbocycles. The lowest BCUT2D eigenvalue weighted by atomic mass is 10.3. The van der Waals surface area contributed by atoms with Crippen molar-refractivity contribution in [3.05, 3.63) is 18.2 Å². The molecule has 0 amide bonds. The summed E-state index contributed by atoms with van der Waals surface area (Å²) in [6, 6.07) is 4.60. The second kappa shape index (κ2) is 6.86. The number of rotatable bonds is 7. The molecule has 0 radical (unpaired) electrons. The number of sulfonamides is 1. The van der Waals surface area contributed by atoms with E-state index in [-0.39, 0.29) is 4.90 Å². The van der Waals surface area contributed by atoms with Crippen LogP contribution in [0.3, 0.4) is 0 Å². The minimum absolute atomic E-state index is 0.0884. The van der Waals surface area contributed by atoms with Crippen molar-refractivity contribution in [3.8, 4) is 5.75 Å². The van der Waals surface area contributed by atoms with Gasteiger partial charge in [-0.1, -0.05) is 0 Å². The molecule has 0 aliphatic heterocycles. The smallest absolute Gasteiger partial charge is 0.244 e. The highest BCUT2D eigenvalue weighted by atomic mass is 32.2. The lowest BCUT2D eigenvalue weighted by Crippen LogP contribution is -2.26. The van der Waals surface area contributed by atoms with Gasteiger partial charge in [0.2, 0.25) is 10.0 Å². The monoisotopic (exact) mass is 290 g/mol. The predicted molar refractivity (Wildman–Crippen MR) is 75.6 cm³/mol. The normalized spacial score (nSPS) is 11.4. The molecule has 0 saturated carbocycles. The van der Waals surface area contributed by atoms with Crippen LogP contribution in [0.15, 0.2) is 23.1 Å². The highest BCUT2D eigenvalue weighted by molar-refractivity contribution is 7.98. The topological polar surface area (TPSA) is 81.4 Å². The SMILES string of the molecule is CCOc1ccc(N)cc1S(=O)(=O)NCCSC.